The van der Waals surface area contributed by atoms with Gasteiger partial charge in [-0.25, -0.2) is 0 Å². The smallest absolute Gasteiger partial charge is 0.225 e. The molecule has 3 rings (SSSR count). The molecule has 3 nitrogen and oxygen atoms in total. The van der Waals surface area contributed by atoms with Gasteiger partial charge >= 0.3 is 0 Å². The number of ether oxygens (including phenoxy) is 1. The summed E-state index contributed by atoms with van der Waals surface area (Å²) in [6.45, 7) is 2.04. The number of benzene rings is 2. The number of hydrogen-bond acceptors (Lipinski definition) is 2. The maximum atomic E-state index is 12.3. The fourth-order valence-electron chi connectivity index (χ4n) is 2.84. The fraction of sp³-hybridized carbons (Fsp3) is 0.316. The van der Waals surface area contributed by atoms with E-state index in [0.717, 1.165) is 29.7 Å². The Morgan fingerprint density at radius 3 is 2.50 bits per heavy atom. The van der Waals surface area contributed by atoms with E-state index in [-0.39, 0.29) is 11.4 Å². The molecule has 1 fully saturated rings. The average molecular weight is 295 g/mol. The Kier molecular flexibility index (Phi) is 3.88. The number of aryl methyl sites for hydroxylation is 1. The van der Waals surface area contributed by atoms with Gasteiger partial charge in [-0.15, -0.1) is 0 Å². The molecular formula is C19H21NO2. The van der Waals surface area contributed by atoms with Crippen LogP contribution in [-0.2, 0) is 16.8 Å². The van der Waals surface area contributed by atoms with Gasteiger partial charge in [0.1, 0.15) is 5.75 Å². The molecule has 1 N–H and O–H groups in total. The van der Waals surface area contributed by atoms with Crippen LogP contribution in [0.4, 0.5) is 0 Å². The van der Waals surface area contributed by atoms with Crippen LogP contribution < -0.4 is 10.1 Å². The molecule has 0 bridgehead atoms. The first-order valence-electron chi connectivity index (χ1n) is 7.62. The van der Waals surface area contributed by atoms with Gasteiger partial charge in [0.15, 0.2) is 0 Å². The van der Waals surface area contributed by atoms with Gasteiger partial charge < -0.3 is 10.1 Å². The van der Waals surface area contributed by atoms with Crippen LogP contribution in [0.1, 0.15) is 29.5 Å². The Balaban J connectivity index is 1.67. The zero-order valence-corrected chi connectivity index (χ0v) is 13.1. The van der Waals surface area contributed by atoms with E-state index in [1.807, 2.05) is 49.4 Å². The van der Waals surface area contributed by atoms with E-state index in [4.69, 9.17) is 4.74 Å². The highest BCUT2D eigenvalue weighted by Gasteiger charge is 2.45. The second-order valence-corrected chi connectivity index (χ2v) is 6.02. The Morgan fingerprint density at radius 2 is 1.91 bits per heavy atom. The molecule has 114 valence electrons. The molecule has 0 radical (unpaired) electrons. The molecule has 0 spiro atoms. The summed E-state index contributed by atoms with van der Waals surface area (Å²) in [7, 11) is 1.66. The molecule has 0 saturated heterocycles. The van der Waals surface area contributed by atoms with Crippen LogP contribution in [0, 0.1) is 6.92 Å². The number of amides is 1. The van der Waals surface area contributed by atoms with Gasteiger partial charge in [0, 0.05) is 0 Å². The molecule has 1 aliphatic rings. The molecule has 0 heterocycles. The summed E-state index contributed by atoms with van der Waals surface area (Å²) in [4.78, 5) is 12.3. The summed E-state index contributed by atoms with van der Waals surface area (Å²) in [5.41, 5.74) is 3.23. The third kappa shape index (κ3) is 3.14. The number of hydrogen-bond donors (Lipinski definition) is 1. The largest absolute Gasteiger partial charge is 0.497 e. The van der Waals surface area contributed by atoms with Crippen molar-refractivity contribution in [1.82, 2.24) is 5.32 Å². The highest BCUT2D eigenvalue weighted by atomic mass is 16.5. The fourth-order valence-corrected chi connectivity index (χ4v) is 2.84. The molecule has 22 heavy (non-hydrogen) atoms. The van der Waals surface area contributed by atoms with E-state index in [1.165, 1.54) is 5.56 Å². The van der Waals surface area contributed by atoms with Gasteiger partial charge in [0.2, 0.25) is 5.91 Å². The van der Waals surface area contributed by atoms with E-state index in [9.17, 15) is 4.79 Å². The molecule has 0 atom stereocenters. The standard InChI is InChI=1S/C19H21NO2/c1-14-4-3-5-15(12-14)13-18(21)20-19(10-11-19)16-6-8-17(22-2)9-7-16/h3-9,12H,10-11,13H2,1-2H3,(H,20,21). The van der Waals surface area contributed by atoms with Crippen LogP contribution in [-0.4, -0.2) is 13.0 Å². The van der Waals surface area contributed by atoms with Crippen molar-refractivity contribution in [3.05, 3.63) is 65.2 Å². The maximum Gasteiger partial charge on any atom is 0.225 e. The molecule has 2 aromatic rings. The molecule has 0 aliphatic heterocycles. The molecule has 1 amide bonds. The van der Waals surface area contributed by atoms with Crippen molar-refractivity contribution in [2.24, 2.45) is 0 Å². The van der Waals surface area contributed by atoms with Crippen molar-refractivity contribution in [1.29, 1.82) is 0 Å². The highest BCUT2D eigenvalue weighted by Crippen LogP contribution is 2.45. The first kappa shape index (κ1) is 14.6. The topological polar surface area (TPSA) is 38.3 Å². The normalized spacial score (nSPS) is 15.2. The molecule has 1 aliphatic carbocycles. The van der Waals surface area contributed by atoms with Gasteiger partial charge in [-0.1, -0.05) is 42.0 Å². The van der Waals surface area contributed by atoms with E-state index in [0.29, 0.717) is 6.42 Å². The molecule has 1 saturated carbocycles. The van der Waals surface area contributed by atoms with E-state index >= 15 is 0 Å². The lowest BCUT2D eigenvalue weighted by atomic mass is 10.0. The lowest BCUT2D eigenvalue weighted by molar-refractivity contribution is -0.121. The second-order valence-electron chi connectivity index (χ2n) is 6.02. The lowest BCUT2D eigenvalue weighted by Crippen LogP contribution is -2.35. The Labute approximate surface area is 131 Å². The zero-order chi connectivity index (χ0) is 15.6. The van der Waals surface area contributed by atoms with E-state index < -0.39 is 0 Å². The van der Waals surface area contributed by atoms with E-state index in [1.54, 1.807) is 7.11 Å². The first-order chi connectivity index (χ1) is 10.6. The highest BCUT2D eigenvalue weighted by molar-refractivity contribution is 5.80. The van der Waals surface area contributed by atoms with Crippen LogP contribution in [0.15, 0.2) is 48.5 Å². The van der Waals surface area contributed by atoms with Crippen molar-refractivity contribution in [2.75, 3.05) is 7.11 Å². The van der Waals surface area contributed by atoms with Gasteiger partial charge in [0.05, 0.1) is 19.1 Å². The minimum atomic E-state index is -0.173. The monoisotopic (exact) mass is 295 g/mol. The van der Waals surface area contributed by atoms with Crippen LogP contribution in [0.3, 0.4) is 0 Å². The Bertz CT molecular complexity index is 672. The van der Waals surface area contributed by atoms with Crippen molar-refractivity contribution in [3.8, 4) is 5.75 Å². The molecular weight excluding hydrogens is 274 g/mol. The van der Waals surface area contributed by atoms with Crippen LogP contribution in [0.5, 0.6) is 5.75 Å². The summed E-state index contributed by atoms with van der Waals surface area (Å²) in [6, 6.07) is 16.1. The Hall–Kier alpha value is -2.29. The van der Waals surface area contributed by atoms with Gasteiger partial charge in [-0.05, 0) is 43.0 Å². The van der Waals surface area contributed by atoms with Crippen LogP contribution in [0.2, 0.25) is 0 Å². The summed E-state index contributed by atoms with van der Waals surface area (Å²) in [5, 5.41) is 3.21. The average Bonchev–Trinajstić information content (AvgIpc) is 3.28. The summed E-state index contributed by atoms with van der Waals surface area (Å²) >= 11 is 0. The predicted molar refractivity (Wildman–Crippen MR) is 86.9 cm³/mol. The number of carbonyl (C=O) groups is 1. The summed E-state index contributed by atoms with van der Waals surface area (Å²) in [5.74, 6) is 0.921. The summed E-state index contributed by atoms with van der Waals surface area (Å²) in [6.07, 6.45) is 2.43. The maximum absolute atomic E-state index is 12.3. The lowest BCUT2D eigenvalue weighted by Gasteiger charge is -2.18. The molecule has 0 unspecified atom stereocenters. The van der Waals surface area contributed by atoms with Crippen molar-refractivity contribution in [2.45, 2.75) is 31.7 Å². The SMILES string of the molecule is COc1ccc(C2(NC(=O)Cc3cccc(C)c3)CC2)cc1. The number of rotatable bonds is 5. The van der Waals surface area contributed by atoms with Gasteiger partial charge in [-0.2, -0.15) is 0 Å². The number of methoxy groups -OCH3 is 1. The Morgan fingerprint density at radius 1 is 1.18 bits per heavy atom. The molecule has 3 heteroatoms. The minimum absolute atomic E-state index is 0.0823. The molecule has 0 aromatic heterocycles. The zero-order valence-electron chi connectivity index (χ0n) is 13.1. The summed E-state index contributed by atoms with van der Waals surface area (Å²) < 4.78 is 5.19. The third-order valence-electron chi connectivity index (χ3n) is 4.22. The second kappa shape index (κ2) is 5.84. The quantitative estimate of drug-likeness (QED) is 0.918. The van der Waals surface area contributed by atoms with Crippen molar-refractivity contribution < 1.29 is 9.53 Å². The number of nitrogens with one attached hydrogen (secondary N) is 1. The van der Waals surface area contributed by atoms with Crippen molar-refractivity contribution in [3.63, 3.8) is 0 Å². The molecule has 2 aromatic carbocycles. The van der Waals surface area contributed by atoms with Gasteiger partial charge in [0.25, 0.3) is 0 Å². The first-order valence-corrected chi connectivity index (χ1v) is 7.62. The van der Waals surface area contributed by atoms with Crippen LogP contribution >= 0.6 is 0 Å². The number of carbonyl (C=O) groups excluding carboxylic acids is 1. The van der Waals surface area contributed by atoms with Crippen molar-refractivity contribution >= 4 is 5.91 Å². The van der Waals surface area contributed by atoms with Crippen LogP contribution in [0.25, 0.3) is 0 Å². The third-order valence-corrected chi connectivity index (χ3v) is 4.22. The predicted octanol–water partition coefficient (Wildman–Crippen LogP) is 3.35. The van der Waals surface area contributed by atoms with E-state index in [2.05, 4.69) is 11.4 Å². The minimum Gasteiger partial charge on any atom is -0.497 e. The van der Waals surface area contributed by atoms with Gasteiger partial charge in [-0.3, -0.25) is 4.79 Å².